The van der Waals surface area contributed by atoms with Gasteiger partial charge in [-0.25, -0.2) is 0 Å². The van der Waals surface area contributed by atoms with Crippen LogP contribution in [0.25, 0.3) is 10.9 Å². The third-order valence-corrected chi connectivity index (χ3v) is 3.02. The van der Waals surface area contributed by atoms with E-state index in [0.29, 0.717) is 11.9 Å². The predicted molar refractivity (Wildman–Crippen MR) is 75.0 cm³/mol. The Labute approximate surface area is 115 Å². The smallest absolute Gasteiger partial charge is 0.315 e. The van der Waals surface area contributed by atoms with Gasteiger partial charge in [-0.15, -0.1) is 5.10 Å². The molecule has 0 fully saturated rings. The number of nitrogens with one attached hydrogen (secondary N) is 1. The highest BCUT2D eigenvalue weighted by Crippen LogP contribution is 2.13. The predicted octanol–water partition coefficient (Wildman–Crippen LogP) is 1.38. The molecule has 3 rings (SSSR count). The molecule has 1 aromatic carbocycles. The lowest BCUT2D eigenvalue weighted by Gasteiger charge is -2.04. The van der Waals surface area contributed by atoms with Gasteiger partial charge in [0.25, 0.3) is 0 Å². The Hall–Kier alpha value is -2.41. The van der Waals surface area contributed by atoms with Crippen molar-refractivity contribution >= 4 is 16.9 Å². The van der Waals surface area contributed by atoms with E-state index in [1.54, 1.807) is 0 Å². The molecule has 2 heterocycles. The number of rotatable bonds is 6. The Morgan fingerprint density at radius 2 is 2.15 bits per heavy atom. The van der Waals surface area contributed by atoms with Crippen molar-refractivity contribution in [2.24, 2.45) is 5.73 Å². The first-order chi connectivity index (χ1) is 9.86. The van der Waals surface area contributed by atoms with Gasteiger partial charge in [0.15, 0.2) is 0 Å². The molecule has 0 bridgehead atoms. The summed E-state index contributed by atoms with van der Waals surface area (Å²) in [5.41, 5.74) is 6.55. The number of aryl methyl sites for hydroxylation is 1. The molecule has 0 saturated heterocycles. The fourth-order valence-electron chi connectivity index (χ4n) is 2.04. The highest BCUT2D eigenvalue weighted by atomic mass is 16.4. The minimum atomic E-state index is 0.258. The third kappa shape index (κ3) is 2.62. The molecule has 0 aliphatic heterocycles. The van der Waals surface area contributed by atoms with Crippen molar-refractivity contribution in [2.75, 3.05) is 11.9 Å². The maximum atomic E-state index is 5.40. The van der Waals surface area contributed by atoms with Crippen molar-refractivity contribution in [3.63, 3.8) is 0 Å². The van der Waals surface area contributed by atoms with Crippen molar-refractivity contribution in [1.29, 1.82) is 0 Å². The topological polar surface area (TPSA) is 94.8 Å². The van der Waals surface area contributed by atoms with Crippen LogP contribution in [-0.2, 0) is 13.1 Å². The van der Waals surface area contributed by atoms with E-state index in [1.807, 2.05) is 23.0 Å². The lowest BCUT2D eigenvalue weighted by Crippen LogP contribution is -2.07. The van der Waals surface area contributed by atoms with E-state index in [1.165, 1.54) is 0 Å². The Kier molecular flexibility index (Phi) is 3.60. The normalized spacial score (nSPS) is 11.1. The maximum Gasteiger partial charge on any atom is 0.315 e. The molecule has 0 saturated carbocycles. The van der Waals surface area contributed by atoms with Crippen LogP contribution < -0.4 is 11.1 Å². The number of aromatic nitrogens is 4. The average Bonchev–Trinajstić information content (AvgIpc) is 3.10. The van der Waals surface area contributed by atoms with Crippen LogP contribution in [0.2, 0.25) is 0 Å². The van der Waals surface area contributed by atoms with E-state index in [9.17, 15) is 0 Å². The quantitative estimate of drug-likeness (QED) is 0.658. The van der Waals surface area contributed by atoms with Crippen LogP contribution in [0.15, 0.2) is 34.9 Å². The van der Waals surface area contributed by atoms with Crippen LogP contribution >= 0.6 is 0 Å². The van der Waals surface area contributed by atoms with Gasteiger partial charge in [0, 0.05) is 18.5 Å². The molecule has 7 heteroatoms. The highest BCUT2D eigenvalue weighted by Gasteiger charge is 2.04. The molecule has 0 unspecified atom stereocenters. The summed E-state index contributed by atoms with van der Waals surface area (Å²) in [5, 5.41) is 16.2. The second kappa shape index (κ2) is 5.70. The van der Waals surface area contributed by atoms with Gasteiger partial charge in [0.1, 0.15) is 0 Å². The second-order valence-corrected chi connectivity index (χ2v) is 4.41. The first-order valence-corrected chi connectivity index (χ1v) is 6.53. The summed E-state index contributed by atoms with van der Waals surface area (Å²) in [5.74, 6) is 0.436. The van der Waals surface area contributed by atoms with Crippen LogP contribution in [0, 0.1) is 0 Å². The largest absolute Gasteiger partial charge is 0.407 e. The SMILES string of the molecule is NCc1nnc(NCCCn2ncc3ccccc32)o1. The third-order valence-electron chi connectivity index (χ3n) is 3.02. The Morgan fingerprint density at radius 1 is 1.25 bits per heavy atom. The monoisotopic (exact) mass is 272 g/mol. The molecule has 104 valence electrons. The van der Waals surface area contributed by atoms with Crippen LogP contribution in [0.5, 0.6) is 0 Å². The van der Waals surface area contributed by atoms with Crippen molar-refractivity contribution in [3.8, 4) is 0 Å². The lowest BCUT2D eigenvalue weighted by atomic mass is 10.2. The van der Waals surface area contributed by atoms with Gasteiger partial charge in [0.05, 0.1) is 18.3 Å². The number of hydrogen-bond donors (Lipinski definition) is 2. The van der Waals surface area contributed by atoms with E-state index < -0.39 is 0 Å². The first kappa shape index (κ1) is 12.6. The van der Waals surface area contributed by atoms with Crippen LogP contribution in [-0.4, -0.2) is 26.5 Å². The summed E-state index contributed by atoms with van der Waals surface area (Å²) in [7, 11) is 0. The molecule has 3 aromatic rings. The van der Waals surface area contributed by atoms with Crippen molar-refractivity contribution in [3.05, 3.63) is 36.4 Å². The molecule has 0 amide bonds. The summed E-state index contributed by atoms with van der Waals surface area (Å²) < 4.78 is 7.26. The Balaban J connectivity index is 1.52. The van der Waals surface area contributed by atoms with E-state index in [0.717, 1.165) is 30.4 Å². The standard InChI is InChI=1S/C13H16N6O/c14-8-12-17-18-13(20-12)15-6-3-7-19-11-5-2-1-4-10(11)9-16-19/h1-2,4-5,9H,3,6-8,14H2,(H,15,18). The molecule has 2 aromatic heterocycles. The first-order valence-electron chi connectivity index (χ1n) is 6.53. The number of nitrogens with two attached hydrogens (primary N) is 1. The summed E-state index contributed by atoms with van der Waals surface area (Å²) >= 11 is 0. The van der Waals surface area contributed by atoms with Gasteiger partial charge in [-0.05, 0) is 12.5 Å². The van der Waals surface area contributed by atoms with Gasteiger partial charge in [0.2, 0.25) is 5.89 Å². The molecule has 0 aliphatic carbocycles. The molecule has 0 atom stereocenters. The molecular formula is C13H16N6O. The van der Waals surface area contributed by atoms with E-state index in [2.05, 4.69) is 32.7 Å². The molecule has 3 N–H and O–H groups in total. The molecular weight excluding hydrogens is 256 g/mol. The number of anilines is 1. The fraction of sp³-hybridized carbons (Fsp3) is 0.308. The second-order valence-electron chi connectivity index (χ2n) is 4.41. The zero-order chi connectivity index (χ0) is 13.8. The van der Waals surface area contributed by atoms with E-state index >= 15 is 0 Å². The zero-order valence-electron chi connectivity index (χ0n) is 11.0. The zero-order valence-corrected chi connectivity index (χ0v) is 11.0. The molecule has 20 heavy (non-hydrogen) atoms. The van der Waals surface area contributed by atoms with E-state index in [4.69, 9.17) is 10.2 Å². The summed E-state index contributed by atoms with van der Waals surface area (Å²) in [6.07, 6.45) is 2.79. The van der Waals surface area contributed by atoms with E-state index in [-0.39, 0.29) is 6.54 Å². The minimum Gasteiger partial charge on any atom is -0.407 e. The number of benzene rings is 1. The minimum absolute atomic E-state index is 0.258. The van der Waals surface area contributed by atoms with Crippen LogP contribution in [0.4, 0.5) is 6.01 Å². The van der Waals surface area contributed by atoms with Gasteiger partial charge < -0.3 is 15.5 Å². The Bertz CT molecular complexity index is 689. The van der Waals surface area contributed by atoms with Crippen molar-refractivity contribution in [2.45, 2.75) is 19.5 Å². The average molecular weight is 272 g/mol. The number of nitrogens with zero attached hydrogens (tertiary/aromatic N) is 4. The maximum absolute atomic E-state index is 5.40. The molecule has 7 nitrogen and oxygen atoms in total. The van der Waals surface area contributed by atoms with Gasteiger partial charge >= 0.3 is 6.01 Å². The van der Waals surface area contributed by atoms with Crippen LogP contribution in [0.3, 0.4) is 0 Å². The van der Waals surface area contributed by atoms with Gasteiger partial charge in [-0.1, -0.05) is 23.3 Å². The number of hydrogen-bond acceptors (Lipinski definition) is 6. The summed E-state index contributed by atoms with van der Waals surface area (Å²) in [6, 6.07) is 8.58. The fourth-order valence-corrected chi connectivity index (χ4v) is 2.04. The summed E-state index contributed by atoms with van der Waals surface area (Å²) in [4.78, 5) is 0. The molecule has 0 radical (unpaired) electrons. The van der Waals surface area contributed by atoms with Crippen molar-refractivity contribution < 1.29 is 4.42 Å². The summed E-state index contributed by atoms with van der Waals surface area (Å²) in [6.45, 7) is 1.83. The molecule has 0 spiro atoms. The lowest BCUT2D eigenvalue weighted by molar-refractivity contribution is 0.504. The Morgan fingerprint density at radius 3 is 3.00 bits per heavy atom. The van der Waals surface area contributed by atoms with Gasteiger partial charge in [-0.3, -0.25) is 4.68 Å². The molecule has 0 aliphatic rings. The van der Waals surface area contributed by atoms with Crippen molar-refractivity contribution in [1.82, 2.24) is 20.0 Å². The van der Waals surface area contributed by atoms with Crippen LogP contribution in [0.1, 0.15) is 12.3 Å². The number of para-hydroxylation sites is 1. The highest BCUT2D eigenvalue weighted by molar-refractivity contribution is 5.78. The number of fused-ring (bicyclic) bond motifs is 1. The van der Waals surface area contributed by atoms with Gasteiger partial charge in [-0.2, -0.15) is 5.10 Å².